The molecule has 2 aliphatic heterocycles. The molecule has 32 heavy (non-hydrogen) atoms. The Morgan fingerprint density at radius 2 is 2.00 bits per heavy atom. The van der Waals surface area contributed by atoms with Gasteiger partial charge in [-0.1, -0.05) is 18.2 Å². The number of benzene rings is 1. The number of nitrogens with zero attached hydrogens (tertiary/aromatic N) is 5. The summed E-state index contributed by atoms with van der Waals surface area (Å²) < 4.78 is 2.26. The van der Waals surface area contributed by atoms with Gasteiger partial charge in [0.25, 0.3) is 5.91 Å². The number of fused-ring (bicyclic) bond motifs is 3. The normalized spacial score (nSPS) is 20.7. The number of anilines is 1. The Bertz CT molecular complexity index is 1430. The second-order valence-electron chi connectivity index (χ2n) is 8.14. The van der Waals surface area contributed by atoms with Crippen molar-refractivity contribution in [3.05, 3.63) is 52.9 Å². The molecule has 3 N–H and O–H groups in total. The molecule has 10 heteroatoms. The maximum Gasteiger partial charge on any atom is 0.324 e. The minimum Gasteiger partial charge on any atom is -0.383 e. The van der Waals surface area contributed by atoms with Gasteiger partial charge in [0, 0.05) is 35.2 Å². The van der Waals surface area contributed by atoms with Gasteiger partial charge in [0.2, 0.25) is 0 Å². The van der Waals surface area contributed by atoms with Crippen LogP contribution in [0, 0.1) is 0 Å². The SMILES string of the molecule is Nc1c(Br)c([C@H]2CC[C@@H]3C(=O)NC(=O)N3C2)nc2c(-c3cnc4ccccc4c3)cnn12. The lowest BCUT2D eigenvalue weighted by molar-refractivity contribution is -0.122. The lowest BCUT2D eigenvalue weighted by Crippen LogP contribution is -2.42. The van der Waals surface area contributed by atoms with E-state index < -0.39 is 6.04 Å². The third kappa shape index (κ3) is 2.79. The summed E-state index contributed by atoms with van der Waals surface area (Å²) in [6.45, 7) is 0.407. The molecule has 6 rings (SSSR count). The minimum absolute atomic E-state index is 0.0537. The van der Waals surface area contributed by atoms with Crippen LogP contribution in [-0.4, -0.2) is 49.0 Å². The van der Waals surface area contributed by atoms with Crippen LogP contribution >= 0.6 is 15.9 Å². The number of halogens is 1. The van der Waals surface area contributed by atoms with Crippen LogP contribution in [0.3, 0.4) is 0 Å². The zero-order chi connectivity index (χ0) is 22.0. The predicted octanol–water partition coefficient (Wildman–Crippen LogP) is 3.09. The summed E-state index contributed by atoms with van der Waals surface area (Å²) in [5, 5.41) is 7.87. The van der Waals surface area contributed by atoms with E-state index in [2.05, 4.69) is 37.4 Å². The van der Waals surface area contributed by atoms with Crippen LogP contribution < -0.4 is 11.1 Å². The molecule has 2 aliphatic rings. The van der Waals surface area contributed by atoms with Crippen LogP contribution in [0.25, 0.3) is 27.7 Å². The molecule has 0 aliphatic carbocycles. The van der Waals surface area contributed by atoms with Gasteiger partial charge < -0.3 is 10.6 Å². The molecule has 0 bridgehead atoms. The smallest absolute Gasteiger partial charge is 0.324 e. The number of pyridine rings is 1. The van der Waals surface area contributed by atoms with Crippen molar-refractivity contribution in [3.8, 4) is 11.1 Å². The Labute approximate surface area is 190 Å². The Hall–Kier alpha value is -3.53. The highest BCUT2D eigenvalue weighted by Crippen LogP contribution is 2.38. The number of aromatic nitrogens is 4. The quantitative estimate of drug-likeness (QED) is 0.416. The van der Waals surface area contributed by atoms with Crippen LogP contribution in [0.5, 0.6) is 0 Å². The number of amides is 3. The molecular weight excluding hydrogens is 474 g/mol. The van der Waals surface area contributed by atoms with Gasteiger partial charge in [-0.2, -0.15) is 9.61 Å². The van der Waals surface area contributed by atoms with Crippen molar-refractivity contribution in [1.29, 1.82) is 0 Å². The standard InChI is InChI=1S/C22H18BrN7O2/c23-17-18(12-5-6-16-21(31)28-22(32)29(16)10-12)27-20-14(9-26-30(20)19(17)24)13-7-11-3-1-2-4-15(11)25-8-13/h1-4,7-9,12,16H,5-6,10,24H2,(H,28,31,32)/t12-,16+/m0/s1. The van der Waals surface area contributed by atoms with Gasteiger partial charge in [-0.25, -0.2) is 9.78 Å². The fourth-order valence-corrected chi connectivity index (χ4v) is 5.24. The monoisotopic (exact) mass is 491 g/mol. The average Bonchev–Trinajstić information content (AvgIpc) is 3.36. The Morgan fingerprint density at radius 3 is 2.88 bits per heavy atom. The first-order valence-electron chi connectivity index (χ1n) is 10.3. The summed E-state index contributed by atoms with van der Waals surface area (Å²) in [7, 11) is 0. The molecule has 0 saturated carbocycles. The van der Waals surface area contributed by atoms with Crippen molar-refractivity contribution >= 4 is 50.2 Å². The number of rotatable bonds is 2. The third-order valence-electron chi connectivity index (χ3n) is 6.31. The molecule has 1 aromatic carbocycles. The van der Waals surface area contributed by atoms with Crippen molar-refractivity contribution in [2.75, 3.05) is 12.3 Å². The summed E-state index contributed by atoms with van der Waals surface area (Å²) in [6.07, 6.45) is 4.86. The van der Waals surface area contributed by atoms with Gasteiger partial charge in [-0.05, 0) is 40.9 Å². The fraction of sp³-hybridized carbons (Fsp3) is 0.227. The van der Waals surface area contributed by atoms with E-state index in [-0.39, 0.29) is 17.9 Å². The number of hydrogen-bond acceptors (Lipinski definition) is 6. The van der Waals surface area contributed by atoms with E-state index in [0.29, 0.717) is 28.9 Å². The number of para-hydroxylation sites is 1. The first-order chi connectivity index (χ1) is 15.5. The average molecular weight is 492 g/mol. The van der Waals surface area contributed by atoms with Crippen molar-refractivity contribution in [2.45, 2.75) is 24.8 Å². The lowest BCUT2D eigenvalue weighted by atomic mass is 9.90. The largest absolute Gasteiger partial charge is 0.383 e. The van der Waals surface area contributed by atoms with Gasteiger partial charge in [0.15, 0.2) is 5.65 Å². The number of hydrogen-bond donors (Lipinski definition) is 2. The van der Waals surface area contributed by atoms with Gasteiger partial charge >= 0.3 is 6.03 Å². The maximum atomic E-state index is 12.2. The number of nitrogens with two attached hydrogens (primary N) is 1. The first-order valence-corrected chi connectivity index (χ1v) is 11.1. The molecule has 3 amide bonds. The Morgan fingerprint density at radius 1 is 1.16 bits per heavy atom. The van der Waals surface area contributed by atoms with Gasteiger partial charge in [-0.3, -0.25) is 15.1 Å². The molecule has 0 spiro atoms. The van der Waals surface area contributed by atoms with E-state index in [1.54, 1.807) is 15.6 Å². The maximum absolute atomic E-state index is 12.2. The van der Waals surface area contributed by atoms with Crippen molar-refractivity contribution in [1.82, 2.24) is 29.8 Å². The number of nitrogens with one attached hydrogen (secondary N) is 1. The van der Waals surface area contributed by atoms with Crippen LogP contribution in [0.1, 0.15) is 24.5 Å². The van der Waals surface area contributed by atoms with Crippen LogP contribution in [0.4, 0.5) is 10.6 Å². The number of nitrogen functional groups attached to an aromatic ring is 1. The van der Waals surface area contributed by atoms with E-state index in [4.69, 9.17) is 10.7 Å². The highest BCUT2D eigenvalue weighted by atomic mass is 79.9. The van der Waals surface area contributed by atoms with Gasteiger partial charge in [0.05, 0.1) is 21.9 Å². The lowest BCUT2D eigenvalue weighted by Gasteiger charge is -2.33. The highest BCUT2D eigenvalue weighted by Gasteiger charge is 2.43. The number of carbonyl (C=O) groups is 2. The zero-order valence-corrected chi connectivity index (χ0v) is 18.4. The summed E-state index contributed by atoms with van der Waals surface area (Å²) in [4.78, 5) is 35.3. The first kappa shape index (κ1) is 19.2. The molecule has 0 radical (unpaired) electrons. The summed E-state index contributed by atoms with van der Waals surface area (Å²) in [5.74, 6) is 0.161. The van der Waals surface area contributed by atoms with E-state index in [9.17, 15) is 9.59 Å². The summed E-state index contributed by atoms with van der Waals surface area (Å²) in [5.41, 5.74) is 10.4. The second kappa shape index (κ2) is 6.99. The minimum atomic E-state index is -0.396. The summed E-state index contributed by atoms with van der Waals surface area (Å²) in [6, 6.07) is 9.24. The topological polar surface area (TPSA) is 119 Å². The van der Waals surface area contributed by atoms with E-state index in [1.807, 2.05) is 30.5 Å². The molecule has 4 aromatic rings. The van der Waals surface area contributed by atoms with Gasteiger partial charge in [0.1, 0.15) is 11.9 Å². The Kier molecular flexibility index (Phi) is 4.19. The van der Waals surface area contributed by atoms with Crippen molar-refractivity contribution in [2.24, 2.45) is 0 Å². The predicted molar refractivity (Wildman–Crippen MR) is 122 cm³/mol. The van der Waals surface area contributed by atoms with Crippen LogP contribution in [-0.2, 0) is 4.79 Å². The molecule has 160 valence electrons. The van der Waals surface area contributed by atoms with Crippen molar-refractivity contribution < 1.29 is 9.59 Å². The molecule has 2 fully saturated rings. The molecule has 2 atom stereocenters. The van der Waals surface area contributed by atoms with Gasteiger partial charge in [-0.15, -0.1) is 0 Å². The van der Waals surface area contributed by atoms with Crippen molar-refractivity contribution in [3.63, 3.8) is 0 Å². The number of imide groups is 1. The molecule has 5 heterocycles. The van der Waals surface area contributed by atoms with Crippen LogP contribution in [0.2, 0.25) is 0 Å². The third-order valence-corrected chi connectivity index (χ3v) is 7.12. The fourth-order valence-electron chi connectivity index (χ4n) is 4.66. The molecule has 3 aromatic heterocycles. The van der Waals surface area contributed by atoms with E-state index in [0.717, 1.165) is 34.1 Å². The Balaban J connectivity index is 1.45. The molecule has 0 unspecified atom stereocenters. The number of piperidine rings is 1. The summed E-state index contributed by atoms with van der Waals surface area (Å²) >= 11 is 3.59. The molecule has 9 nitrogen and oxygen atoms in total. The molecular formula is C22H18BrN7O2. The zero-order valence-electron chi connectivity index (χ0n) is 16.8. The van der Waals surface area contributed by atoms with E-state index >= 15 is 0 Å². The van der Waals surface area contributed by atoms with Crippen LogP contribution in [0.15, 0.2) is 47.2 Å². The second-order valence-corrected chi connectivity index (χ2v) is 8.94. The number of urea groups is 1. The van der Waals surface area contributed by atoms with E-state index in [1.165, 1.54) is 0 Å². The number of carbonyl (C=O) groups excluding carboxylic acids is 2. The highest BCUT2D eigenvalue weighted by molar-refractivity contribution is 9.10. The molecule has 2 saturated heterocycles.